The van der Waals surface area contributed by atoms with Gasteiger partial charge in [-0.2, -0.15) is 23.5 Å². The Bertz CT molecular complexity index is 397. The topological polar surface area (TPSA) is 12.0 Å². The molecule has 2 rings (SSSR count). The van der Waals surface area contributed by atoms with Crippen molar-refractivity contribution < 1.29 is 4.39 Å². The highest BCUT2D eigenvalue weighted by Crippen LogP contribution is 2.28. The van der Waals surface area contributed by atoms with Crippen molar-refractivity contribution in [3.63, 3.8) is 0 Å². The quantitative estimate of drug-likeness (QED) is 0.915. The molecule has 1 aromatic rings. The number of rotatable bonds is 4. The molecule has 0 aromatic heterocycles. The van der Waals surface area contributed by atoms with Crippen LogP contribution in [-0.4, -0.2) is 35.6 Å². The normalized spacial score (nSPS) is 21.8. The molecule has 1 nitrogen and oxygen atoms in total. The molecule has 1 fully saturated rings. The summed E-state index contributed by atoms with van der Waals surface area (Å²) in [6.07, 6.45) is 0.696. The predicted octanol–water partition coefficient (Wildman–Crippen LogP) is 3.46. The standard InChI is InChI=1S/C13H17ClFNS2/c1-16-12(13-8-17-4-5-18-13)7-9-6-10(14)2-3-11(9)15/h2-3,6,12-13,16H,4-5,7-8H2,1H3. The van der Waals surface area contributed by atoms with Crippen molar-refractivity contribution in [1.29, 1.82) is 0 Å². The van der Waals surface area contributed by atoms with Crippen LogP contribution in [0.25, 0.3) is 0 Å². The monoisotopic (exact) mass is 305 g/mol. The fourth-order valence-electron chi connectivity index (χ4n) is 2.09. The average Bonchev–Trinajstić information content (AvgIpc) is 2.41. The summed E-state index contributed by atoms with van der Waals surface area (Å²) in [6.45, 7) is 0. The summed E-state index contributed by atoms with van der Waals surface area (Å²) in [5.74, 6) is 3.39. The summed E-state index contributed by atoms with van der Waals surface area (Å²) in [6, 6.07) is 5.09. The second-order valence-electron chi connectivity index (χ2n) is 4.32. The minimum atomic E-state index is -0.159. The second-order valence-corrected chi connectivity index (χ2v) is 7.25. The predicted molar refractivity (Wildman–Crippen MR) is 81.5 cm³/mol. The number of thioether (sulfide) groups is 2. The molecule has 0 radical (unpaired) electrons. The van der Waals surface area contributed by atoms with E-state index >= 15 is 0 Å². The fourth-order valence-corrected chi connectivity index (χ4v) is 5.22. The third kappa shape index (κ3) is 3.80. The van der Waals surface area contributed by atoms with Crippen LogP contribution in [0, 0.1) is 5.82 Å². The van der Waals surface area contributed by atoms with Gasteiger partial charge in [0, 0.05) is 33.6 Å². The summed E-state index contributed by atoms with van der Waals surface area (Å²) in [4.78, 5) is 0. The van der Waals surface area contributed by atoms with Crippen molar-refractivity contribution in [3.05, 3.63) is 34.6 Å². The third-order valence-corrected chi connectivity index (χ3v) is 6.26. The van der Waals surface area contributed by atoms with E-state index in [4.69, 9.17) is 11.6 Å². The van der Waals surface area contributed by atoms with Crippen LogP contribution < -0.4 is 5.32 Å². The van der Waals surface area contributed by atoms with Gasteiger partial charge in [-0.05, 0) is 37.2 Å². The van der Waals surface area contributed by atoms with Crippen LogP contribution in [0.2, 0.25) is 5.02 Å². The van der Waals surface area contributed by atoms with Crippen molar-refractivity contribution in [2.24, 2.45) is 0 Å². The number of hydrogen-bond acceptors (Lipinski definition) is 3. The van der Waals surface area contributed by atoms with Crippen molar-refractivity contribution >= 4 is 35.1 Å². The summed E-state index contributed by atoms with van der Waals surface area (Å²) in [5.41, 5.74) is 0.707. The van der Waals surface area contributed by atoms with Crippen LogP contribution in [0.4, 0.5) is 4.39 Å². The highest BCUT2D eigenvalue weighted by Gasteiger charge is 2.24. The number of halogens is 2. The Hall–Kier alpha value is 0.1000. The lowest BCUT2D eigenvalue weighted by Gasteiger charge is -2.29. The Kier molecular flexibility index (Phi) is 5.67. The third-order valence-electron chi connectivity index (χ3n) is 3.11. The molecule has 2 atom stereocenters. The van der Waals surface area contributed by atoms with Gasteiger partial charge in [0.1, 0.15) is 5.82 Å². The van der Waals surface area contributed by atoms with Gasteiger partial charge in [0.25, 0.3) is 0 Å². The van der Waals surface area contributed by atoms with Gasteiger partial charge in [-0.15, -0.1) is 0 Å². The number of benzene rings is 1. The van der Waals surface area contributed by atoms with E-state index in [1.165, 1.54) is 17.6 Å². The van der Waals surface area contributed by atoms with Crippen molar-refractivity contribution in [1.82, 2.24) is 5.32 Å². The Balaban J connectivity index is 2.06. The van der Waals surface area contributed by atoms with Crippen LogP contribution in [-0.2, 0) is 6.42 Å². The zero-order valence-electron chi connectivity index (χ0n) is 10.3. The Morgan fingerprint density at radius 2 is 2.33 bits per heavy atom. The first-order chi connectivity index (χ1) is 8.70. The molecule has 0 bridgehead atoms. The molecule has 0 spiro atoms. The summed E-state index contributed by atoms with van der Waals surface area (Å²) in [5, 5.41) is 4.47. The Labute approximate surface area is 121 Å². The van der Waals surface area contributed by atoms with Crippen LogP contribution in [0.15, 0.2) is 18.2 Å². The molecule has 100 valence electrons. The number of nitrogens with one attached hydrogen (secondary N) is 1. The minimum absolute atomic E-state index is 0.159. The summed E-state index contributed by atoms with van der Waals surface area (Å²) >= 11 is 9.90. The van der Waals surface area contributed by atoms with Crippen molar-refractivity contribution in [2.45, 2.75) is 17.7 Å². The molecule has 1 heterocycles. The molecule has 1 N–H and O–H groups in total. The average molecular weight is 306 g/mol. The molecule has 0 saturated carbocycles. The van der Waals surface area contributed by atoms with Gasteiger partial charge in [-0.25, -0.2) is 4.39 Å². The number of likely N-dealkylation sites (N-methyl/N-ethyl adjacent to an activating group) is 1. The lowest BCUT2D eigenvalue weighted by atomic mass is 10.0. The number of hydrogen-bond donors (Lipinski definition) is 1. The summed E-state index contributed by atoms with van der Waals surface area (Å²) in [7, 11) is 1.95. The van der Waals surface area contributed by atoms with Gasteiger partial charge < -0.3 is 5.32 Å². The molecule has 1 aromatic carbocycles. The Morgan fingerprint density at radius 3 is 3.00 bits per heavy atom. The van der Waals surface area contributed by atoms with Gasteiger partial charge in [-0.3, -0.25) is 0 Å². The Morgan fingerprint density at radius 1 is 1.50 bits per heavy atom. The van der Waals surface area contributed by atoms with Crippen molar-refractivity contribution in [3.8, 4) is 0 Å². The molecule has 0 aliphatic carbocycles. The van der Waals surface area contributed by atoms with E-state index < -0.39 is 0 Å². The SMILES string of the molecule is CNC(Cc1cc(Cl)ccc1F)C1CSCCS1. The van der Waals surface area contributed by atoms with E-state index in [1.54, 1.807) is 12.1 Å². The van der Waals surface area contributed by atoms with E-state index in [0.717, 1.165) is 5.75 Å². The first-order valence-electron chi connectivity index (χ1n) is 6.01. The van der Waals surface area contributed by atoms with E-state index in [2.05, 4.69) is 5.32 Å². The molecular weight excluding hydrogens is 289 g/mol. The largest absolute Gasteiger partial charge is 0.316 e. The van der Waals surface area contributed by atoms with Gasteiger partial charge >= 0.3 is 0 Å². The lowest BCUT2D eigenvalue weighted by molar-refractivity contribution is 0.533. The van der Waals surface area contributed by atoms with Crippen molar-refractivity contribution in [2.75, 3.05) is 24.3 Å². The highest BCUT2D eigenvalue weighted by atomic mass is 35.5. The van der Waals surface area contributed by atoms with Gasteiger partial charge in [0.05, 0.1) is 0 Å². The minimum Gasteiger partial charge on any atom is -0.316 e. The molecule has 1 aliphatic heterocycles. The van der Waals surface area contributed by atoms with E-state index in [9.17, 15) is 4.39 Å². The second kappa shape index (κ2) is 7.04. The fraction of sp³-hybridized carbons (Fsp3) is 0.538. The van der Waals surface area contributed by atoms with E-state index in [-0.39, 0.29) is 5.82 Å². The molecule has 1 aliphatic rings. The van der Waals surface area contributed by atoms with Gasteiger partial charge in [0.15, 0.2) is 0 Å². The first-order valence-corrected chi connectivity index (χ1v) is 8.59. The smallest absolute Gasteiger partial charge is 0.126 e. The maximum atomic E-state index is 13.7. The van der Waals surface area contributed by atoms with Crippen LogP contribution >= 0.6 is 35.1 Å². The molecular formula is C13H17ClFNS2. The first kappa shape index (κ1) is 14.5. The van der Waals surface area contributed by atoms with Gasteiger partial charge in [-0.1, -0.05) is 11.6 Å². The van der Waals surface area contributed by atoms with Crippen LogP contribution in [0.1, 0.15) is 5.56 Å². The maximum absolute atomic E-state index is 13.7. The zero-order valence-corrected chi connectivity index (χ0v) is 12.7. The maximum Gasteiger partial charge on any atom is 0.126 e. The van der Waals surface area contributed by atoms with E-state index in [0.29, 0.717) is 28.3 Å². The molecule has 2 unspecified atom stereocenters. The van der Waals surface area contributed by atoms with E-state index in [1.807, 2.05) is 30.6 Å². The van der Waals surface area contributed by atoms with Crippen LogP contribution in [0.3, 0.4) is 0 Å². The summed E-state index contributed by atoms with van der Waals surface area (Å²) < 4.78 is 13.7. The molecule has 0 amide bonds. The lowest BCUT2D eigenvalue weighted by Crippen LogP contribution is -2.40. The van der Waals surface area contributed by atoms with Crippen LogP contribution in [0.5, 0.6) is 0 Å². The zero-order chi connectivity index (χ0) is 13.0. The van der Waals surface area contributed by atoms with Gasteiger partial charge in [0.2, 0.25) is 0 Å². The molecule has 5 heteroatoms. The molecule has 1 saturated heterocycles. The molecule has 18 heavy (non-hydrogen) atoms. The highest BCUT2D eigenvalue weighted by molar-refractivity contribution is 8.06.